The van der Waals surface area contributed by atoms with Gasteiger partial charge >= 0.3 is 23.9 Å². The second-order valence-corrected chi connectivity index (χ2v) is 8.08. The van der Waals surface area contributed by atoms with E-state index < -0.39 is 54.6 Å². The maximum absolute atomic E-state index is 11.8. The molecule has 0 saturated carbocycles. The molecule has 1 aromatic carbocycles. The highest BCUT2D eigenvalue weighted by Gasteiger charge is 2.53. The van der Waals surface area contributed by atoms with Crippen molar-refractivity contribution in [2.24, 2.45) is 0 Å². The zero-order valence-electron chi connectivity index (χ0n) is 17.7. The first kappa shape index (κ1) is 25.9. The summed E-state index contributed by atoms with van der Waals surface area (Å²) in [6.45, 7) is 4.24. The molecular formula is C20H22BrClO10. The second-order valence-electron chi connectivity index (χ2n) is 6.76. The number of hydrogen-bond acceptors (Lipinski definition) is 10. The van der Waals surface area contributed by atoms with Crippen LogP contribution in [0.3, 0.4) is 0 Å². The first-order chi connectivity index (χ1) is 15.0. The summed E-state index contributed by atoms with van der Waals surface area (Å²) in [7, 11) is 0. The third-order valence-electron chi connectivity index (χ3n) is 4.08. The minimum Gasteiger partial charge on any atom is -0.463 e. The molecule has 2 rings (SSSR count). The van der Waals surface area contributed by atoms with Crippen molar-refractivity contribution in [1.29, 1.82) is 0 Å². The first-order valence-corrected chi connectivity index (χ1v) is 10.6. The van der Waals surface area contributed by atoms with E-state index in [-0.39, 0.29) is 17.4 Å². The maximum atomic E-state index is 11.8. The Morgan fingerprint density at radius 1 is 0.906 bits per heavy atom. The molecule has 10 nitrogen and oxygen atoms in total. The van der Waals surface area contributed by atoms with Crippen LogP contribution >= 0.6 is 27.5 Å². The molecule has 0 unspecified atom stereocenters. The summed E-state index contributed by atoms with van der Waals surface area (Å²) in [4.78, 5) is 46.7. The zero-order valence-corrected chi connectivity index (χ0v) is 20.0. The van der Waals surface area contributed by atoms with Crippen LogP contribution in [0.1, 0.15) is 27.7 Å². The van der Waals surface area contributed by atoms with Gasteiger partial charge in [0.2, 0.25) is 12.4 Å². The summed E-state index contributed by atoms with van der Waals surface area (Å²) in [6, 6.07) is 4.80. The molecule has 5 atom stereocenters. The van der Waals surface area contributed by atoms with Gasteiger partial charge in [-0.3, -0.25) is 19.2 Å². The molecular weight excluding hydrogens is 516 g/mol. The molecule has 1 aromatic rings. The summed E-state index contributed by atoms with van der Waals surface area (Å²) in [5.41, 5.74) is 0. The van der Waals surface area contributed by atoms with Gasteiger partial charge in [0.05, 0.1) is 5.02 Å². The predicted molar refractivity (Wildman–Crippen MR) is 112 cm³/mol. The molecule has 1 aliphatic heterocycles. The SMILES string of the molecule is CC(=O)OC[C@H]1O[C@@H](Oc2cc(Br)ccc2Cl)[C@@H](OC(C)=O)[C@@H](OC(C)=O)[C@@H]1OC(C)=O. The number of rotatable bonds is 7. The van der Waals surface area contributed by atoms with Crippen molar-refractivity contribution in [3.05, 3.63) is 27.7 Å². The summed E-state index contributed by atoms with van der Waals surface area (Å²) >= 11 is 9.49. The fourth-order valence-corrected chi connectivity index (χ4v) is 3.48. The molecule has 1 heterocycles. The number of carbonyl (C=O) groups is 4. The zero-order chi connectivity index (χ0) is 24.0. The lowest BCUT2D eigenvalue weighted by atomic mass is 9.98. The summed E-state index contributed by atoms with van der Waals surface area (Å²) in [6.07, 6.45) is -6.41. The van der Waals surface area contributed by atoms with E-state index >= 15 is 0 Å². The van der Waals surface area contributed by atoms with Crippen molar-refractivity contribution in [2.75, 3.05) is 6.61 Å². The Morgan fingerprint density at radius 2 is 1.47 bits per heavy atom. The van der Waals surface area contributed by atoms with E-state index in [0.717, 1.165) is 20.8 Å². The minimum absolute atomic E-state index is 0.168. The molecule has 1 saturated heterocycles. The number of hydrogen-bond donors (Lipinski definition) is 0. The molecule has 0 aromatic heterocycles. The van der Waals surface area contributed by atoms with Gasteiger partial charge in [0.15, 0.2) is 12.2 Å². The van der Waals surface area contributed by atoms with Crippen LogP contribution in [0.15, 0.2) is 22.7 Å². The first-order valence-electron chi connectivity index (χ1n) is 9.40. The van der Waals surface area contributed by atoms with E-state index in [1.165, 1.54) is 6.92 Å². The van der Waals surface area contributed by atoms with Crippen molar-refractivity contribution >= 4 is 51.4 Å². The molecule has 1 fully saturated rings. The van der Waals surface area contributed by atoms with Crippen LogP contribution in [-0.2, 0) is 42.9 Å². The average Bonchev–Trinajstić information content (AvgIpc) is 2.66. The molecule has 0 amide bonds. The van der Waals surface area contributed by atoms with Gasteiger partial charge in [-0.1, -0.05) is 27.5 Å². The van der Waals surface area contributed by atoms with Crippen molar-refractivity contribution in [2.45, 2.75) is 58.4 Å². The van der Waals surface area contributed by atoms with Gasteiger partial charge in [0.25, 0.3) is 0 Å². The Morgan fingerprint density at radius 3 is 2.03 bits per heavy atom. The lowest BCUT2D eigenvalue weighted by Gasteiger charge is -2.44. The molecule has 176 valence electrons. The van der Waals surface area contributed by atoms with Crippen LogP contribution in [0, 0.1) is 0 Å². The van der Waals surface area contributed by atoms with E-state index in [0.29, 0.717) is 4.47 Å². The largest absolute Gasteiger partial charge is 0.463 e. The van der Waals surface area contributed by atoms with Gasteiger partial charge in [0.1, 0.15) is 18.5 Å². The maximum Gasteiger partial charge on any atom is 0.303 e. The molecule has 0 aliphatic carbocycles. The molecule has 0 spiro atoms. The Bertz CT molecular complexity index is 876. The fourth-order valence-electron chi connectivity index (χ4n) is 2.98. The van der Waals surface area contributed by atoms with Crippen molar-refractivity contribution in [3.8, 4) is 5.75 Å². The Kier molecular flexibility index (Phi) is 9.29. The third kappa shape index (κ3) is 7.35. The lowest BCUT2D eigenvalue weighted by molar-refractivity contribution is -0.288. The highest BCUT2D eigenvalue weighted by atomic mass is 79.9. The minimum atomic E-state index is -1.36. The smallest absolute Gasteiger partial charge is 0.303 e. The highest BCUT2D eigenvalue weighted by Crippen LogP contribution is 2.34. The Balaban J connectivity index is 2.49. The molecule has 1 aliphatic rings. The molecule has 32 heavy (non-hydrogen) atoms. The van der Waals surface area contributed by atoms with Crippen LogP contribution < -0.4 is 4.74 Å². The number of carbonyl (C=O) groups excluding carboxylic acids is 4. The van der Waals surface area contributed by atoms with Crippen molar-refractivity contribution in [3.63, 3.8) is 0 Å². The summed E-state index contributed by atoms with van der Waals surface area (Å²) in [5.74, 6) is -2.64. The lowest BCUT2D eigenvalue weighted by Crippen LogP contribution is -2.63. The van der Waals surface area contributed by atoms with Gasteiger partial charge in [-0.25, -0.2) is 0 Å². The normalized spacial score (nSPS) is 24.8. The van der Waals surface area contributed by atoms with Crippen LogP contribution in [0.5, 0.6) is 5.75 Å². The van der Waals surface area contributed by atoms with Crippen LogP contribution in [0.4, 0.5) is 0 Å². The van der Waals surface area contributed by atoms with E-state index in [1.54, 1.807) is 18.2 Å². The number of benzene rings is 1. The quantitative estimate of drug-likeness (QED) is 0.379. The van der Waals surface area contributed by atoms with Gasteiger partial charge in [0, 0.05) is 32.2 Å². The number of esters is 4. The van der Waals surface area contributed by atoms with E-state index in [9.17, 15) is 19.2 Å². The van der Waals surface area contributed by atoms with Crippen LogP contribution in [0.25, 0.3) is 0 Å². The number of ether oxygens (including phenoxy) is 6. The van der Waals surface area contributed by atoms with E-state index in [2.05, 4.69) is 15.9 Å². The Hall–Kier alpha value is -2.37. The average molecular weight is 538 g/mol. The monoisotopic (exact) mass is 536 g/mol. The van der Waals surface area contributed by atoms with E-state index in [1.807, 2.05) is 0 Å². The summed E-state index contributed by atoms with van der Waals surface area (Å²) < 4.78 is 33.3. The third-order valence-corrected chi connectivity index (χ3v) is 4.89. The molecule has 12 heteroatoms. The van der Waals surface area contributed by atoms with Crippen LogP contribution in [0.2, 0.25) is 5.02 Å². The highest BCUT2D eigenvalue weighted by molar-refractivity contribution is 9.10. The standard InChI is InChI=1S/C20H22BrClO10/c1-9(23)27-8-16-17(28-10(2)24)18(29-11(3)25)19(30-12(4)26)20(32-16)31-15-7-13(21)5-6-14(15)22/h5-7,16-20H,8H2,1-4H3/t16-,17-,18+,19+,20-/m1/s1. The number of halogens is 2. The van der Waals surface area contributed by atoms with Gasteiger partial charge in [-0.05, 0) is 18.2 Å². The van der Waals surface area contributed by atoms with Gasteiger partial charge < -0.3 is 28.4 Å². The van der Waals surface area contributed by atoms with Crippen LogP contribution in [-0.4, -0.2) is 61.2 Å². The predicted octanol–water partition coefficient (Wildman–Crippen LogP) is 2.56. The van der Waals surface area contributed by atoms with Gasteiger partial charge in [-0.2, -0.15) is 0 Å². The van der Waals surface area contributed by atoms with Gasteiger partial charge in [-0.15, -0.1) is 0 Å². The summed E-state index contributed by atoms with van der Waals surface area (Å²) in [5, 5.41) is 0.223. The molecule has 0 radical (unpaired) electrons. The van der Waals surface area contributed by atoms with E-state index in [4.69, 9.17) is 40.0 Å². The fraction of sp³-hybridized carbons (Fsp3) is 0.500. The van der Waals surface area contributed by atoms with Crippen molar-refractivity contribution in [1.82, 2.24) is 0 Å². The Labute approximate surface area is 197 Å². The van der Waals surface area contributed by atoms with Crippen molar-refractivity contribution < 1.29 is 47.6 Å². The molecule has 0 bridgehead atoms. The molecule has 0 N–H and O–H groups in total. The topological polar surface area (TPSA) is 124 Å². The second kappa shape index (κ2) is 11.5.